The lowest BCUT2D eigenvalue weighted by molar-refractivity contribution is -0.201. The molecule has 0 unspecified atom stereocenters. The topological polar surface area (TPSA) is 99.1 Å². The Labute approximate surface area is 158 Å². The molecule has 0 spiro atoms. The number of rotatable bonds is 3. The van der Waals surface area contributed by atoms with Gasteiger partial charge in [0.25, 0.3) is 0 Å². The lowest BCUT2D eigenvalue weighted by Crippen LogP contribution is -2.47. The highest BCUT2D eigenvalue weighted by molar-refractivity contribution is 9.10. The van der Waals surface area contributed by atoms with Gasteiger partial charge in [0, 0.05) is 17.6 Å². The average molecular weight is 425 g/mol. The van der Waals surface area contributed by atoms with Crippen LogP contribution < -0.4 is 4.74 Å². The Bertz CT molecular complexity index is 853. The minimum atomic E-state index is -2.01. The second-order valence-corrected chi connectivity index (χ2v) is 7.08. The van der Waals surface area contributed by atoms with Crippen LogP contribution in [-0.2, 0) is 14.3 Å². The maximum absolute atomic E-state index is 13.1. The van der Waals surface area contributed by atoms with Crippen molar-refractivity contribution in [3.63, 3.8) is 0 Å². The normalized spacial score (nSPS) is 24.9. The zero-order valence-corrected chi connectivity index (χ0v) is 16.0. The molecule has 0 saturated heterocycles. The third-order valence-electron chi connectivity index (χ3n) is 4.50. The highest BCUT2D eigenvalue weighted by atomic mass is 79.9. The molecule has 2 aliphatic rings. The maximum Gasteiger partial charge on any atom is 0.308 e. The highest BCUT2D eigenvalue weighted by Gasteiger charge is 2.48. The molecule has 0 saturated carbocycles. The first-order valence-corrected chi connectivity index (χ1v) is 8.67. The van der Waals surface area contributed by atoms with Crippen LogP contribution in [-0.4, -0.2) is 48.8 Å². The van der Waals surface area contributed by atoms with E-state index in [1.165, 1.54) is 27.2 Å². The maximum atomic E-state index is 13.1. The minimum Gasteiger partial charge on any atom is -0.495 e. The summed E-state index contributed by atoms with van der Waals surface area (Å²) in [6.45, 7) is 1.28. The van der Waals surface area contributed by atoms with E-state index in [0.717, 1.165) is 0 Å². The SMILES string of the molecule is COC(=O)C[C@@H]1CC2=C(C(=O)c3c(ccc(Br)c3OC)C2=O)[C@](C)(O)O1. The fourth-order valence-corrected chi connectivity index (χ4v) is 3.92. The van der Waals surface area contributed by atoms with Crippen LogP contribution in [0.1, 0.15) is 40.5 Å². The number of hydrogen-bond acceptors (Lipinski definition) is 7. The molecule has 2 atom stereocenters. The summed E-state index contributed by atoms with van der Waals surface area (Å²) in [5.74, 6) is -3.24. The number of ether oxygens (including phenoxy) is 3. The lowest BCUT2D eigenvalue weighted by atomic mass is 9.77. The van der Waals surface area contributed by atoms with Gasteiger partial charge < -0.3 is 19.3 Å². The van der Waals surface area contributed by atoms with Crippen molar-refractivity contribution in [2.45, 2.75) is 31.7 Å². The summed E-state index contributed by atoms with van der Waals surface area (Å²) in [6.07, 6.45) is -0.878. The zero-order valence-electron chi connectivity index (χ0n) is 14.4. The number of hydrogen-bond donors (Lipinski definition) is 1. The van der Waals surface area contributed by atoms with Crippen molar-refractivity contribution in [2.24, 2.45) is 0 Å². The van der Waals surface area contributed by atoms with Gasteiger partial charge >= 0.3 is 5.97 Å². The summed E-state index contributed by atoms with van der Waals surface area (Å²) in [6, 6.07) is 3.16. The molecule has 1 heterocycles. The van der Waals surface area contributed by atoms with Crippen LogP contribution in [0, 0.1) is 0 Å². The van der Waals surface area contributed by atoms with Crippen LogP contribution in [0.5, 0.6) is 5.75 Å². The molecule has 0 bridgehead atoms. The van der Waals surface area contributed by atoms with Crippen molar-refractivity contribution >= 4 is 33.5 Å². The van der Waals surface area contributed by atoms with Crippen LogP contribution in [0.3, 0.4) is 0 Å². The highest BCUT2D eigenvalue weighted by Crippen LogP contribution is 2.44. The number of aliphatic hydroxyl groups is 1. The quantitative estimate of drug-likeness (QED) is 0.742. The van der Waals surface area contributed by atoms with Crippen molar-refractivity contribution in [2.75, 3.05) is 14.2 Å². The molecule has 1 aliphatic carbocycles. The monoisotopic (exact) mass is 424 g/mol. The van der Waals surface area contributed by atoms with Crippen LogP contribution >= 0.6 is 15.9 Å². The Morgan fingerprint density at radius 2 is 2.04 bits per heavy atom. The minimum absolute atomic E-state index is 0.0307. The van der Waals surface area contributed by atoms with Gasteiger partial charge in [0.2, 0.25) is 0 Å². The van der Waals surface area contributed by atoms with Gasteiger partial charge in [-0.15, -0.1) is 0 Å². The Hall–Kier alpha value is -2.03. The third-order valence-corrected chi connectivity index (χ3v) is 5.13. The molecule has 7 nitrogen and oxygen atoms in total. The Kier molecular flexibility index (Phi) is 4.76. The van der Waals surface area contributed by atoms with Gasteiger partial charge in [0.05, 0.1) is 42.4 Å². The van der Waals surface area contributed by atoms with Crippen molar-refractivity contribution in [3.05, 3.63) is 38.9 Å². The summed E-state index contributed by atoms with van der Waals surface area (Å²) in [7, 11) is 2.63. The molecule has 26 heavy (non-hydrogen) atoms. The second-order valence-electron chi connectivity index (χ2n) is 6.22. The van der Waals surface area contributed by atoms with E-state index in [0.29, 0.717) is 4.47 Å². The predicted octanol–water partition coefficient (Wildman–Crippen LogP) is 2.19. The molecule has 0 fully saturated rings. The lowest BCUT2D eigenvalue weighted by Gasteiger charge is -2.39. The van der Waals surface area contributed by atoms with E-state index in [9.17, 15) is 19.5 Å². The fraction of sp³-hybridized carbons (Fsp3) is 0.389. The van der Waals surface area contributed by atoms with Crippen molar-refractivity contribution in [1.82, 2.24) is 0 Å². The van der Waals surface area contributed by atoms with E-state index >= 15 is 0 Å². The molecule has 1 N–H and O–H groups in total. The zero-order chi connectivity index (χ0) is 19.2. The van der Waals surface area contributed by atoms with Crippen molar-refractivity contribution in [3.8, 4) is 5.75 Å². The largest absolute Gasteiger partial charge is 0.495 e. The van der Waals surface area contributed by atoms with Gasteiger partial charge in [-0.1, -0.05) is 0 Å². The number of halogens is 1. The summed E-state index contributed by atoms with van der Waals surface area (Å²) in [5.41, 5.74) is 0.314. The van der Waals surface area contributed by atoms with E-state index < -0.39 is 23.6 Å². The summed E-state index contributed by atoms with van der Waals surface area (Å²) >= 11 is 3.29. The first kappa shape index (κ1) is 18.8. The summed E-state index contributed by atoms with van der Waals surface area (Å²) in [5, 5.41) is 10.7. The molecule has 0 radical (unpaired) electrons. The van der Waals surface area contributed by atoms with Crippen LogP contribution in [0.15, 0.2) is 27.8 Å². The van der Waals surface area contributed by atoms with Gasteiger partial charge in [-0.25, -0.2) is 0 Å². The van der Waals surface area contributed by atoms with Gasteiger partial charge in [-0.05, 0) is 35.0 Å². The van der Waals surface area contributed by atoms with E-state index in [2.05, 4.69) is 20.7 Å². The molecular formula is C18H17BrO7. The number of methoxy groups -OCH3 is 2. The number of carbonyl (C=O) groups excluding carboxylic acids is 3. The number of esters is 1. The van der Waals surface area contributed by atoms with E-state index in [1.807, 2.05) is 0 Å². The van der Waals surface area contributed by atoms with Crippen LogP contribution in [0.2, 0.25) is 0 Å². The number of ketones is 2. The Balaban J connectivity index is 2.12. The van der Waals surface area contributed by atoms with E-state index in [1.54, 1.807) is 6.07 Å². The Morgan fingerprint density at radius 1 is 1.35 bits per heavy atom. The summed E-state index contributed by atoms with van der Waals surface area (Å²) in [4.78, 5) is 37.6. The van der Waals surface area contributed by atoms with Gasteiger partial charge in [0.15, 0.2) is 17.4 Å². The van der Waals surface area contributed by atoms with E-state index in [-0.39, 0.29) is 46.6 Å². The predicted molar refractivity (Wildman–Crippen MR) is 93.1 cm³/mol. The molecular weight excluding hydrogens is 408 g/mol. The van der Waals surface area contributed by atoms with Crippen LogP contribution in [0.25, 0.3) is 0 Å². The molecule has 8 heteroatoms. The molecule has 0 aromatic heterocycles. The standard InChI is InChI=1S/C18H17BrO7/c1-18(23)14-10(6-8(26-18)7-12(20)24-2)15(21)9-4-5-11(19)17(25-3)13(9)16(14)22/h4-5,8,23H,6-7H2,1-3H3/t8-,18+/m0/s1. The van der Waals surface area contributed by atoms with Gasteiger partial charge in [-0.2, -0.15) is 0 Å². The van der Waals surface area contributed by atoms with Crippen molar-refractivity contribution in [1.29, 1.82) is 0 Å². The van der Waals surface area contributed by atoms with Gasteiger partial charge in [-0.3, -0.25) is 14.4 Å². The fourth-order valence-electron chi connectivity index (χ4n) is 3.43. The number of carbonyl (C=O) groups is 3. The first-order valence-electron chi connectivity index (χ1n) is 7.87. The van der Waals surface area contributed by atoms with E-state index in [4.69, 9.17) is 9.47 Å². The number of benzene rings is 1. The third kappa shape index (κ3) is 2.87. The molecule has 138 valence electrons. The number of fused-ring (bicyclic) bond motifs is 1. The summed E-state index contributed by atoms with van der Waals surface area (Å²) < 4.78 is 15.9. The number of Topliss-reactive ketones (excluding diaryl/α,β-unsaturated/α-hetero) is 2. The van der Waals surface area contributed by atoms with Gasteiger partial charge in [0.1, 0.15) is 5.75 Å². The molecule has 1 aliphatic heterocycles. The molecule has 1 aromatic rings. The average Bonchev–Trinajstić information content (AvgIpc) is 2.57. The van der Waals surface area contributed by atoms with Crippen LogP contribution in [0.4, 0.5) is 0 Å². The first-order chi connectivity index (χ1) is 12.2. The second kappa shape index (κ2) is 6.61. The smallest absolute Gasteiger partial charge is 0.308 e. The Morgan fingerprint density at radius 3 is 2.65 bits per heavy atom. The molecule has 1 aromatic carbocycles. The molecule has 0 amide bonds. The molecule has 3 rings (SSSR count). The van der Waals surface area contributed by atoms with Crippen molar-refractivity contribution < 1.29 is 33.7 Å².